The maximum atomic E-state index is 12.6. The van der Waals surface area contributed by atoms with E-state index >= 15 is 0 Å². The highest BCUT2D eigenvalue weighted by Gasteiger charge is 2.17. The standard InChI is InChI=1S/C19H17BrClN3OS/c1-10(2)23-18(22)11-3-6-13(7-4-11)24-19(25)17-16(21)14-8-5-12(20)9-15(14)26-17/h3-10H,1-2H3,(H2,22,23)(H,24,25). The lowest BCUT2D eigenvalue weighted by atomic mass is 10.2. The summed E-state index contributed by atoms with van der Waals surface area (Å²) in [7, 11) is 0. The average molecular weight is 451 g/mol. The summed E-state index contributed by atoms with van der Waals surface area (Å²) >= 11 is 11.2. The predicted molar refractivity (Wildman–Crippen MR) is 115 cm³/mol. The zero-order valence-corrected chi connectivity index (χ0v) is 17.4. The third-order valence-electron chi connectivity index (χ3n) is 3.63. The molecule has 0 radical (unpaired) electrons. The SMILES string of the molecule is CC(C)N=C(N)c1ccc(NC(=O)c2sc3cc(Br)ccc3c2Cl)cc1. The Morgan fingerprint density at radius 1 is 1.23 bits per heavy atom. The molecule has 0 aliphatic carbocycles. The normalized spacial score (nSPS) is 12.0. The lowest BCUT2D eigenvalue weighted by Gasteiger charge is -2.07. The predicted octanol–water partition coefficient (Wildman–Crippen LogP) is 5.68. The summed E-state index contributed by atoms with van der Waals surface area (Å²) < 4.78 is 1.91. The number of halogens is 2. The van der Waals surface area contributed by atoms with Gasteiger partial charge in [-0.3, -0.25) is 9.79 Å². The molecule has 1 amide bonds. The van der Waals surface area contributed by atoms with Crippen molar-refractivity contribution in [2.75, 3.05) is 5.32 Å². The van der Waals surface area contributed by atoms with Crippen molar-refractivity contribution >= 4 is 66.4 Å². The van der Waals surface area contributed by atoms with Crippen molar-refractivity contribution in [3.63, 3.8) is 0 Å². The van der Waals surface area contributed by atoms with Crippen LogP contribution >= 0.6 is 38.9 Å². The molecule has 0 fully saturated rings. The molecule has 0 saturated carbocycles. The van der Waals surface area contributed by atoms with Crippen molar-refractivity contribution in [1.82, 2.24) is 0 Å². The second-order valence-corrected chi connectivity index (χ2v) is 8.37. The topological polar surface area (TPSA) is 67.5 Å². The van der Waals surface area contributed by atoms with E-state index in [1.54, 1.807) is 12.1 Å². The van der Waals surface area contributed by atoms with Crippen molar-refractivity contribution in [3.8, 4) is 0 Å². The number of amides is 1. The van der Waals surface area contributed by atoms with Crippen LogP contribution < -0.4 is 11.1 Å². The van der Waals surface area contributed by atoms with Crippen LogP contribution in [0, 0.1) is 0 Å². The molecule has 7 heteroatoms. The molecule has 0 unspecified atom stereocenters. The first kappa shape index (κ1) is 18.9. The highest BCUT2D eigenvalue weighted by atomic mass is 79.9. The van der Waals surface area contributed by atoms with E-state index in [-0.39, 0.29) is 11.9 Å². The van der Waals surface area contributed by atoms with Crippen molar-refractivity contribution in [2.45, 2.75) is 19.9 Å². The first-order valence-corrected chi connectivity index (χ1v) is 9.96. The number of anilines is 1. The van der Waals surface area contributed by atoms with Gasteiger partial charge in [-0.05, 0) is 50.2 Å². The molecule has 0 aliphatic heterocycles. The number of carbonyl (C=O) groups is 1. The Balaban J connectivity index is 1.81. The smallest absolute Gasteiger partial charge is 0.267 e. The van der Waals surface area contributed by atoms with Gasteiger partial charge < -0.3 is 11.1 Å². The summed E-state index contributed by atoms with van der Waals surface area (Å²) in [5, 5.41) is 4.22. The quantitative estimate of drug-likeness (QED) is 0.396. The van der Waals surface area contributed by atoms with Gasteiger partial charge >= 0.3 is 0 Å². The Labute approximate surface area is 169 Å². The van der Waals surface area contributed by atoms with Gasteiger partial charge in [0.05, 0.1) is 5.02 Å². The van der Waals surface area contributed by atoms with Gasteiger partial charge in [0.25, 0.3) is 5.91 Å². The number of thiophene rings is 1. The molecule has 3 aromatic rings. The van der Waals surface area contributed by atoms with Gasteiger partial charge in [-0.25, -0.2) is 0 Å². The summed E-state index contributed by atoms with van der Waals surface area (Å²) in [6.45, 7) is 3.93. The van der Waals surface area contributed by atoms with Crippen LogP contribution in [0.25, 0.3) is 10.1 Å². The molecular formula is C19H17BrClN3OS. The minimum absolute atomic E-state index is 0.129. The fraction of sp³-hybridized carbons (Fsp3) is 0.158. The number of fused-ring (bicyclic) bond motifs is 1. The van der Waals surface area contributed by atoms with E-state index in [1.165, 1.54) is 11.3 Å². The number of nitrogens with one attached hydrogen (secondary N) is 1. The summed E-state index contributed by atoms with van der Waals surface area (Å²) in [5.74, 6) is 0.250. The highest BCUT2D eigenvalue weighted by molar-refractivity contribution is 9.10. The van der Waals surface area contributed by atoms with Gasteiger partial charge in [-0.2, -0.15) is 0 Å². The number of aliphatic imine (C=N–C) groups is 1. The molecule has 0 spiro atoms. The molecular weight excluding hydrogens is 434 g/mol. The number of carbonyl (C=O) groups excluding carboxylic acids is 1. The van der Waals surface area contributed by atoms with Crippen molar-refractivity contribution in [1.29, 1.82) is 0 Å². The molecule has 4 nitrogen and oxygen atoms in total. The molecule has 1 heterocycles. The molecule has 0 saturated heterocycles. The maximum Gasteiger partial charge on any atom is 0.267 e. The number of nitrogens with zero attached hydrogens (tertiary/aromatic N) is 1. The van der Waals surface area contributed by atoms with Gasteiger partial charge in [-0.15, -0.1) is 11.3 Å². The number of rotatable bonds is 4. The average Bonchev–Trinajstić information content (AvgIpc) is 2.91. The molecule has 2 aromatic carbocycles. The van der Waals surface area contributed by atoms with Crippen LogP contribution in [0.5, 0.6) is 0 Å². The minimum atomic E-state index is -0.233. The Morgan fingerprint density at radius 3 is 2.58 bits per heavy atom. The molecule has 0 bridgehead atoms. The Hall–Kier alpha value is -1.89. The maximum absolute atomic E-state index is 12.6. The Morgan fingerprint density at radius 2 is 1.92 bits per heavy atom. The molecule has 134 valence electrons. The summed E-state index contributed by atoms with van der Waals surface area (Å²) in [5.41, 5.74) is 7.45. The second kappa shape index (κ2) is 7.78. The van der Waals surface area contributed by atoms with Crippen LogP contribution in [0.1, 0.15) is 29.1 Å². The summed E-state index contributed by atoms with van der Waals surface area (Å²) in [6, 6.07) is 13.2. The second-order valence-electron chi connectivity index (χ2n) is 6.03. The van der Waals surface area contributed by atoms with E-state index in [1.807, 2.05) is 44.2 Å². The zero-order chi connectivity index (χ0) is 18.8. The van der Waals surface area contributed by atoms with Gasteiger partial charge in [0.15, 0.2) is 0 Å². The van der Waals surface area contributed by atoms with Crippen molar-refractivity contribution < 1.29 is 4.79 Å². The van der Waals surface area contributed by atoms with E-state index in [9.17, 15) is 4.79 Å². The third-order valence-corrected chi connectivity index (χ3v) is 5.78. The number of hydrogen-bond donors (Lipinski definition) is 2. The van der Waals surface area contributed by atoms with Crippen LogP contribution in [0.4, 0.5) is 5.69 Å². The lowest BCUT2D eigenvalue weighted by molar-refractivity contribution is 0.103. The highest BCUT2D eigenvalue weighted by Crippen LogP contribution is 2.37. The molecule has 0 aliphatic rings. The van der Waals surface area contributed by atoms with E-state index in [2.05, 4.69) is 26.2 Å². The molecule has 0 atom stereocenters. The van der Waals surface area contributed by atoms with E-state index in [4.69, 9.17) is 17.3 Å². The first-order chi connectivity index (χ1) is 12.3. The van der Waals surface area contributed by atoms with Crippen LogP contribution in [0.3, 0.4) is 0 Å². The number of amidine groups is 1. The van der Waals surface area contributed by atoms with E-state index < -0.39 is 0 Å². The van der Waals surface area contributed by atoms with Crippen LogP contribution in [-0.4, -0.2) is 17.8 Å². The Kier molecular flexibility index (Phi) is 5.65. The van der Waals surface area contributed by atoms with E-state index in [0.717, 1.165) is 20.1 Å². The molecule has 3 rings (SSSR count). The summed E-state index contributed by atoms with van der Waals surface area (Å²) in [4.78, 5) is 17.4. The summed E-state index contributed by atoms with van der Waals surface area (Å²) in [6.07, 6.45) is 0. The molecule has 3 N–H and O–H groups in total. The van der Waals surface area contributed by atoms with Crippen LogP contribution in [0.15, 0.2) is 51.9 Å². The number of benzene rings is 2. The number of hydrogen-bond acceptors (Lipinski definition) is 3. The van der Waals surface area contributed by atoms with Crippen LogP contribution in [-0.2, 0) is 0 Å². The third kappa shape index (κ3) is 4.09. The zero-order valence-electron chi connectivity index (χ0n) is 14.2. The van der Waals surface area contributed by atoms with Crippen molar-refractivity contribution in [2.24, 2.45) is 10.7 Å². The fourth-order valence-electron chi connectivity index (χ4n) is 2.45. The Bertz CT molecular complexity index is 996. The lowest BCUT2D eigenvalue weighted by Crippen LogP contribution is -2.16. The van der Waals surface area contributed by atoms with Gasteiger partial charge in [0, 0.05) is 31.9 Å². The largest absolute Gasteiger partial charge is 0.383 e. The number of nitrogens with two attached hydrogens (primary N) is 1. The van der Waals surface area contributed by atoms with Gasteiger partial charge in [0.1, 0.15) is 10.7 Å². The first-order valence-electron chi connectivity index (χ1n) is 7.97. The van der Waals surface area contributed by atoms with E-state index in [0.29, 0.717) is 21.4 Å². The molecule has 1 aromatic heterocycles. The van der Waals surface area contributed by atoms with Crippen molar-refractivity contribution in [3.05, 3.63) is 62.4 Å². The monoisotopic (exact) mass is 449 g/mol. The van der Waals surface area contributed by atoms with Crippen LogP contribution in [0.2, 0.25) is 5.02 Å². The van der Waals surface area contributed by atoms with Gasteiger partial charge in [0.2, 0.25) is 0 Å². The molecule has 26 heavy (non-hydrogen) atoms. The minimum Gasteiger partial charge on any atom is -0.383 e. The van der Waals surface area contributed by atoms with Gasteiger partial charge in [-0.1, -0.05) is 33.6 Å². The fourth-order valence-corrected chi connectivity index (χ4v) is 4.41.